The molecule has 0 unspecified atom stereocenters. The molecular weight excluding hydrogens is 375 g/mol. The molecule has 1 aromatic rings. The first-order valence-electron chi connectivity index (χ1n) is 10.9. The monoisotopic (exact) mass is 404 g/mol. The summed E-state index contributed by atoms with van der Waals surface area (Å²) in [5, 5.41) is 0.486. The van der Waals surface area contributed by atoms with Crippen LogP contribution in [0.1, 0.15) is 50.5 Å². The van der Waals surface area contributed by atoms with Gasteiger partial charge in [-0.1, -0.05) is 17.7 Å². The molecule has 152 valence electrons. The lowest BCUT2D eigenvalue weighted by molar-refractivity contribution is -0.141. The van der Waals surface area contributed by atoms with Crippen LogP contribution in [0.5, 0.6) is 0 Å². The molecule has 5 heteroatoms. The Bertz CT molecular complexity index is 724. The molecule has 4 bridgehead atoms. The first-order chi connectivity index (χ1) is 13.5. The third-order valence-corrected chi connectivity index (χ3v) is 8.18. The van der Waals surface area contributed by atoms with E-state index in [0.717, 1.165) is 62.5 Å². The van der Waals surface area contributed by atoms with E-state index in [-0.39, 0.29) is 5.82 Å². The maximum absolute atomic E-state index is 13.2. The van der Waals surface area contributed by atoms with E-state index in [1.165, 1.54) is 50.7 Å². The Morgan fingerprint density at radius 3 is 2.21 bits per heavy atom. The molecule has 5 aliphatic rings. The highest BCUT2D eigenvalue weighted by atomic mass is 35.5. The van der Waals surface area contributed by atoms with E-state index in [1.54, 1.807) is 6.07 Å². The molecule has 1 aromatic carbocycles. The SMILES string of the molecule is O=C(CC12CC3CC(CC(C3)C1)C2)N1CCN(Cc2ccc(F)cc2Cl)CC1. The quantitative estimate of drug-likeness (QED) is 0.724. The van der Waals surface area contributed by atoms with Gasteiger partial charge in [-0.05, 0) is 79.4 Å². The Labute approximate surface area is 172 Å². The van der Waals surface area contributed by atoms with E-state index in [2.05, 4.69) is 9.80 Å². The topological polar surface area (TPSA) is 23.6 Å². The minimum atomic E-state index is -0.297. The van der Waals surface area contributed by atoms with E-state index in [1.807, 2.05) is 0 Å². The van der Waals surface area contributed by atoms with Gasteiger partial charge in [0.05, 0.1) is 0 Å². The number of amides is 1. The molecule has 4 aliphatic carbocycles. The van der Waals surface area contributed by atoms with Crippen LogP contribution in [0.25, 0.3) is 0 Å². The zero-order valence-corrected chi connectivity index (χ0v) is 17.3. The predicted octanol–water partition coefficient (Wildman–Crippen LogP) is 4.73. The summed E-state index contributed by atoms with van der Waals surface area (Å²) in [7, 11) is 0. The van der Waals surface area contributed by atoms with Crippen molar-refractivity contribution in [3.63, 3.8) is 0 Å². The van der Waals surface area contributed by atoms with Gasteiger partial charge in [0.1, 0.15) is 5.82 Å². The Morgan fingerprint density at radius 1 is 1.04 bits per heavy atom. The zero-order valence-electron chi connectivity index (χ0n) is 16.5. The number of benzene rings is 1. The van der Waals surface area contributed by atoms with E-state index in [9.17, 15) is 9.18 Å². The Morgan fingerprint density at radius 2 is 1.64 bits per heavy atom. The summed E-state index contributed by atoms with van der Waals surface area (Å²) in [6.07, 6.45) is 8.96. The number of halogens is 2. The summed E-state index contributed by atoms with van der Waals surface area (Å²) < 4.78 is 13.2. The minimum absolute atomic E-state index is 0.297. The lowest BCUT2D eigenvalue weighted by atomic mass is 9.49. The van der Waals surface area contributed by atoms with Gasteiger partial charge >= 0.3 is 0 Å². The predicted molar refractivity (Wildman–Crippen MR) is 108 cm³/mol. The standard InChI is InChI=1S/C23H30ClFN2O/c24-21-10-20(25)2-1-19(21)15-26-3-5-27(6-4-26)22(28)14-23-11-16-7-17(12-23)9-18(8-16)13-23/h1-2,10,16-18H,3-9,11-15H2. The zero-order chi connectivity index (χ0) is 19.3. The number of hydrogen-bond acceptors (Lipinski definition) is 2. The van der Waals surface area contributed by atoms with Crippen molar-refractivity contribution >= 4 is 17.5 Å². The Kier molecular flexibility index (Phi) is 4.91. The summed E-state index contributed by atoms with van der Waals surface area (Å²) in [6.45, 7) is 4.03. The van der Waals surface area contributed by atoms with E-state index < -0.39 is 0 Å². The van der Waals surface area contributed by atoms with Gasteiger partial charge in [-0.25, -0.2) is 4.39 Å². The fraction of sp³-hybridized carbons (Fsp3) is 0.696. The minimum Gasteiger partial charge on any atom is -0.340 e. The van der Waals surface area contributed by atoms with Gasteiger partial charge in [-0.3, -0.25) is 9.69 Å². The van der Waals surface area contributed by atoms with Crippen LogP contribution in [0.3, 0.4) is 0 Å². The maximum Gasteiger partial charge on any atom is 0.223 e. The number of carbonyl (C=O) groups excluding carboxylic acids is 1. The van der Waals surface area contributed by atoms with Gasteiger partial charge in [-0.2, -0.15) is 0 Å². The van der Waals surface area contributed by atoms with Crippen LogP contribution in [0, 0.1) is 29.0 Å². The Balaban J connectivity index is 1.15. The molecule has 6 rings (SSSR count). The first-order valence-corrected chi connectivity index (χ1v) is 11.3. The molecular formula is C23H30ClFN2O. The lowest BCUT2D eigenvalue weighted by Gasteiger charge is -2.57. The lowest BCUT2D eigenvalue weighted by Crippen LogP contribution is -2.52. The fourth-order valence-electron chi connectivity index (χ4n) is 6.99. The summed E-state index contributed by atoms with van der Waals surface area (Å²) >= 11 is 6.17. The van der Waals surface area contributed by atoms with Crippen molar-refractivity contribution in [2.24, 2.45) is 23.2 Å². The maximum atomic E-state index is 13.2. The number of carbonyl (C=O) groups is 1. The van der Waals surface area contributed by atoms with Crippen LogP contribution in [-0.4, -0.2) is 41.9 Å². The van der Waals surface area contributed by atoms with Crippen molar-refractivity contribution in [3.05, 3.63) is 34.6 Å². The third-order valence-electron chi connectivity index (χ3n) is 7.83. The van der Waals surface area contributed by atoms with Gasteiger partial charge in [0.2, 0.25) is 5.91 Å². The number of piperazine rings is 1. The van der Waals surface area contributed by atoms with Crippen molar-refractivity contribution in [1.29, 1.82) is 0 Å². The highest BCUT2D eigenvalue weighted by Crippen LogP contribution is 2.61. The van der Waals surface area contributed by atoms with Crippen LogP contribution in [-0.2, 0) is 11.3 Å². The van der Waals surface area contributed by atoms with Crippen LogP contribution >= 0.6 is 11.6 Å². The van der Waals surface area contributed by atoms with Crippen LogP contribution in [0.15, 0.2) is 18.2 Å². The molecule has 1 saturated heterocycles. The van der Waals surface area contributed by atoms with Gasteiger partial charge < -0.3 is 4.90 Å². The van der Waals surface area contributed by atoms with Gasteiger partial charge in [0.25, 0.3) is 0 Å². The molecule has 0 N–H and O–H groups in total. The van der Waals surface area contributed by atoms with Crippen molar-refractivity contribution in [2.75, 3.05) is 26.2 Å². The van der Waals surface area contributed by atoms with Crippen molar-refractivity contribution < 1.29 is 9.18 Å². The number of rotatable bonds is 4. The molecule has 0 aromatic heterocycles. The molecule has 28 heavy (non-hydrogen) atoms. The van der Waals surface area contributed by atoms with E-state index in [0.29, 0.717) is 16.3 Å². The van der Waals surface area contributed by atoms with Crippen molar-refractivity contribution in [1.82, 2.24) is 9.80 Å². The average molecular weight is 405 g/mol. The first kappa shape index (κ1) is 18.9. The van der Waals surface area contributed by atoms with Gasteiger partial charge in [0, 0.05) is 44.2 Å². The van der Waals surface area contributed by atoms with E-state index >= 15 is 0 Å². The summed E-state index contributed by atoms with van der Waals surface area (Å²) in [5.41, 5.74) is 1.28. The third kappa shape index (κ3) is 3.70. The average Bonchev–Trinajstić information content (AvgIpc) is 2.63. The van der Waals surface area contributed by atoms with Gasteiger partial charge in [-0.15, -0.1) is 0 Å². The molecule has 0 radical (unpaired) electrons. The van der Waals surface area contributed by atoms with Crippen LogP contribution in [0.2, 0.25) is 5.02 Å². The second-order valence-corrected chi connectivity index (χ2v) is 10.4. The van der Waals surface area contributed by atoms with Crippen LogP contribution < -0.4 is 0 Å². The fourth-order valence-corrected chi connectivity index (χ4v) is 7.21. The molecule has 0 spiro atoms. The molecule has 1 amide bonds. The normalized spacial score (nSPS) is 34.8. The molecule has 0 atom stereocenters. The molecule has 1 heterocycles. The second-order valence-electron chi connectivity index (χ2n) is 9.99. The largest absolute Gasteiger partial charge is 0.340 e. The van der Waals surface area contributed by atoms with Gasteiger partial charge in [0.15, 0.2) is 0 Å². The summed E-state index contributed by atoms with van der Waals surface area (Å²) in [5.74, 6) is 2.78. The Hall–Kier alpha value is -1.13. The highest BCUT2D eigenvalue weighted by Gasteiger charge is 2.51. The summed E-state index contributed by atoms with van der Waals surface area (Å²) in [4.78, 5) is 17.5. The van der Waals surface area contributed by atoms with Crippen molar-refractivity contribution in [3.8, 4) is 0 Å². The smallest absolute Gasteiger partial charge is 0.223 e. The molecule has 1 aliphatic heterocycles. The molecule has 5 fully saturated rings. The number of nitrogens with zero attached hydrogens (tertiary/aromatic N) is 2. The number of hydrogen-bond donors (Lipinski definition) is 0. The van der Waals surface area contributed by atoms with Crippen LogP contribution in [0.4, 0.5) is 4.39 Å². The summed E-state index contributed by atoms with van der Waals surface area (Å²) in [6, 6.07) is 4.61. The molecule has 3 nitrogen and oxygen atoms in total. The van der Waals surface area contributed by atoms with Crippen molar-refractivity contribution in [2.45, 2.75) is 51.5 Å². The van der Waals surface area contributed by atoms with E-state index in [4.69, 9.17) is 11.6 Å². The second kappa shape index (κ2) is 7.28. The highest BCUT2D eigenvalue weighted by molar-refractivity contribution is 6.31. The molecule has 4 saturated carbocycles.